The summed E-state index contributed by atoms with van der Waals surface area (Å²) in [5, 5.41) is 0. The number of amides is 1. The van der Waals surface area contributed by atoms with Gasteiger partial charge in [-0.25, -0.2) is 0 Å². The first-order chi connectivity index (χ1) is 7.00. The molecule has 1 saturated heterocycles. The molecule has 1 rings (SSSR count). The van der Waals surface area contributed by atoms with Gasteiger partial charge in [0.25, 0.3) is 0 Å². The normalized spacial score (nSPS) is 18.3. The number of hydrogen-bond donors (Lipinski definition) is 0. The summed E-state index contributed by atoms with van der Waals surface area (Å²) < 4.78 is 0. The molecule has 0 unspecified atom stereocenters. The fourth-order valence-electron chi connectivity index (χ4n) is 1.97. The van der Waals surface area contributed by atoms with Gasteiger partial charge in [0.1, 0.15) is 5.78 Å². The van der Waals surface area contributed by atoms with Crippen molar-refractivity contribution in [2.24, 2.45) is 11.8 Å². The average molecular weight is 211 g/mol. The van der Waals surface area contributed by atoms with Crippen LogP contribution in [0.5, 0.6) is 0 Å². The van der Waals surface area contributed by atoms with Crippen molar-refractivity contribution in [2.75, 3.05) is 13.1 Å². The van der Waals surface area contributed by atoms with Crippen LogP contribution in [0.4, 0.5) is 0 Å². The van der Waals surface area contributed by atoms with Crippen molar-refractivity contribution < 1.29 is 9.59 Å². The topological polar surface area (TPSA) is 37.4 Å². The van der Waals surface area contributed by atoms with Crippen LogP contribution in [-0.2, 0) is 9.59 Å². The summed E-state index contributed by atoms with van der Waals surface area (Å²) in [6.45, 7) is 7.16. The van der Waals surface area contributed by atoms with E-state index in [-0.39, 0.29) is 11.8 Å². The van der Waals surface area contributed by atoms with Crippen LogP contribution in [0.3, 0.4) is 0 Å². The number of carbonyl (C=O) groups excluding carboxylic acids is 2. The van der Waals surface area contributed by atoms with Crippen LogP contribution < -0.4 is 0 Å². The van der Waals surface area contributed by atoms with Crippen LogP contribution in [-0.4, -0.2) is 29.7 Å². The number of nitrogens with zero attached hydrogens (tertiary/aromatic N) is 1. The lowest BCUT2D eigenvalue weighted by molar-refractivity contribution is -0.130. The third-order valence-corrected chi connectivity index (χ3v) is 3.19. The number of Topliss-reactive ketones (excluding diaryl/α,β-unsaturated/α-hetero) is 1. The van der Waals surface area contributed by atoms with E-state index in [4.69, 9.17) is 0 Å². The molecule has 1 fully saturated rings. The van der Waals surface area contributed by atoms with Crippen LogP contribution in [0, 0.1) is 11.8 Å². The second kappa shape index (κ2) is 5.29. The smallest absolute Gasteiger partial charge is 0.219 e. The van der Waals surface area contributed by atoms with Crippen molar-refractivity contribution in [3.63, 3.8) is 0 Å². The van der Waals surface area contributed by atoms with E-state index in [9.17, 15) is 9.59 Å². The Morgan fingerprint density at radius 3 is 2.20 bits per heavy atom. The molecule has 1 heterocycles. The first-order valence-electron chi connectivity index (χ1n) is 5.79. The maximum atomic E-state index is 11.5. The van der Waals surface area contributed by atoms with Crippen molar-refractivity contribution in [1.82, 2.24) is 4.90 Å². The molecule has 1 amide bonds. The Balaban J connectivity index is 2.32. The standard InChI is InChI=1S/C12H21NO2/c1-9(2)12(15)8-11-4-6-13(7-5-11)10(3)14/h9,11H,4-8H2,1-3H3. The van der Waals surface area contributed by atoms with Crippen LogP contribution in [0.1, 0.15) is 40.0 Å². The molecular formula is C12H21NO2. The zero-order valence-electron chi connectivity index (χ0n) is 9.95. The molecule has 0 radical (unpaired) electrons. The second-order valence-electron chi connectivity index (χ2n) is 4.77. The Bertz CT molecular complexity index is 240. The van der Waals surface area contributed by atoms with Crippen LogP contribution in [0.15, 0.2) is 0 Å². The number of hydrogen-bond acceptors (Lipinski definition) is 2. The summed E-state index contributed by atoms with van der Waals surface area (Å²) in [6, 6.07) is 0. The average Bonchev–Trinajstić information content (AvgIpc) is 2.18. The van der Waals surface area contributed by atoms with Crippen LogP contribution in [0.25, 0.3) is 0 Å². The van der Waals surface area contributed by atoms with Gasteiger partial charge < -0.3 is 4.90 Å². The highest BCUT2D eigenvalue weighted by Crippen LogP contribution is 2.22. The lowest BCUT2D eigenvalue weighted by Crippen LogP contribution is -2.37. The van der Waals surface area contributed by atoms with Gasteiger partial charge in [-0.05, 0) is 18.8 Å². The summed E-state index contributed by atoms with van der Waals surface area (Å²) in [5.41, 5.74) is 0. The highest BCUT2D eigenvalue weighted by atomic mass is 16.2. The van der Waals surface area contributed by atoms with E-state index >= 15 is 0 Å². The molecule has 0 bridgehead atoms. The van der Waals surface area contributed by atoms with Gasteiger partial charge in [-0.2, -0.15) is 0 Å². The molecule has 0 aromatic rings. The number of piperidine rings is 1. The van der Waals surface area contributed by atoms with Gasteiger partial charge in [0.2, 0.25) is 5.91 Å². The summed E-state index contributed by atoms with van der Waals surface area (Å²) >= 11 is 0. The van der Waals surface area contributed by atoms with E-state index in [1.807, 2.05) is 18.7 Å². The van der Waals surface area contributed by atoms with E-state index in [0.29, 0.717) is 18.1 Å². The molecule has 15 heavy (non-hydrogen) atoms. The predicted molar refractivity (Wildman–Crippen MR) is 59.4 cm³/mol. The van der Waals surface area contributed by atoms with Crippen molar-refractivity contribution in [1.29, 1.82) is 0 Å². The highest BCUT2D eigenvalue weighted by molar-refractivity contribution is 5.80. The molecule has 86 valence electrons. The van der Waals surface area contributed by atoms with Crippen LogP contribution >= 0.6 is 0 Å². The molecule has 0 aromatic heterocycles. The third kappa shape index (κ3) is 3.65. The van der Waals surface area contributed by atoms with Crippen molar-refractivity contribution >= 4 is 11.7 Å². The lowest BCUT2D eigenvalue weighted by atomic mass is 9.89. The Labute approximate surface area is 91.8 Å². The van der Waals surface area contributed by atoms with Gasteiger partial charge in [-0.1, -0.05) is 13.8 Å². The quantitative estimate of drug-likeness (QED) is 0.714. The maximum absolute atomic E-state index is 11.5. The Morgan fingerprint density at radius 2 is 1.80 bits per heavy atom. The van der Waals surface area contributed by atoms with Gasteiger partial charge in [-0.15, -0.1) is 0 Å². The second-order valence-corrected chi connectivity index (χ2v) is 4.77. The first-order valence-corrected chi connectivity index (χ1v) is 5.79. The number of ketones is 1. The summed E-state index contributed by atoms with van der Waals surface area (Å²) in [5.74, 6) is 1.16. The fourth-order valence-corrected chi connectivity index (χ4v) is 1.97. The van der Waals surface area contributed by atoms with E-state index in [0.717, 1.165) is 25.9 Å². The van der Waals surface area contributed by atoms with E-state index in [1.54, 1.807) is 6.92 Å². The van der Waals surface area contributed by atoms with E-state index < -0.39 is 0 Å². The SMILES string of the molecule is CC(=O)N1CCC(CC(=O)C(C)C)CC1. The molecule has 0 N–H and O–H groups in total. The maximum Gasteiger partial charge on any atom is 0.219 e. The zero-order valence-corrected chi connectivity index (χ0v) is 9.95. The molecule has 3 nitrogen and oxygen atoms in total. The first kappa shape index (κ1) is 12.2. The molecule has 1 aliphatic rings. The molecule has 0 aromatic carbocycles. The third-order valence-electron chi connectivity index (χ3n) is 3.19. The van der Waals surface area contributed by atoms with Gasteiger partial charge in [0, 0.05) is 32.4 Å². The molecule has 0 aliphatic carbocycles. The zero-order chi connectivity index (χ0) is 11.4. The minimum Gasteiger partial charge on any atom is -0.343 e. The predicted octanol–water partition coefficient (Wildman–Crippen LogP) is 1.86. The van der Waals surface area contributed by atoms with Gasteiger partial charge in [0.15, 0.2) is 0 Å². The molecular weight excluding hydrogens is 190 g/mol. The summed E-state index contributed by atoms with van der Waals surface area (Å²) in [6.07, 6.45) is 2.67. The number of rotatable bonds is 3. The Morgan fingerprint density at radius 1 is 1.27 bits per heavy atom. The van der Waals surface area contributed by atoms with Crippen molar-refractivity contribution in [2.45, 2.75) is 40.0 Å². The van der Waals surface area contributed by atoms with Gasteiger partial charge in [0.05, 0.1) is 0 Å². The van der Waals surface area contributed by atoms with Crippen LogP contribution in [0.2, 0.25) is 0 Å². The molecule has 0 spiro atoms. The van der Waals surface area contributed by atoms with E-state index in [2.05, 4.69) is 0 Å². The lowest BCUT2D eigenvalue weighted by Gasteiger charge is -2.31. The van der Waals surface area contributed by atoms with Crippen molar-refractivity contribution in [3.05, 3.63) is 0 Å². The Hall–Kier alpha value is -0.860. The van der Waals surface area contributed by atoms with Gasteiger partial charge >= 0.3 is 0 Å². The number of carbonyl (C=O) groups is 2. The largest absolute Gasteiger partial charge is 0.343 e. The molecule has 3 heteroatoms. The molecule has 0 saturated carbocycles. The monoisotopic (exact) mass is 211 g/mol. The van der Waals surface area contributed by atoms with E-state index in [1.165, 1.54) is 0 Å². The van der Waals surface area contributed by atoms with Crippen molar-refractivity contribution in [3.8, 4) is 0 Å². The molecule has 1 aliphatic heterocycles. The minimum absolute atomic E-state index is 0.149. The highest BCUT2D eigenvalue weighted by Gasteiger charge is 2.23. The summed E-state index contributed by atoms with van der Waals surface area (Å²) in [7, 11) is 0. The molecule has 0 atom stereocenters. The van der Waals surface area contributed by atoms with Gasteiger partial charge in [-0.3, -0.25) is 9.59 Å². The fraction of sp³-hybridized carbons (Fsp3) is 0.833. The minimum atomic E-state index is 0.149. The summed E-state index contributed by atoms with van der Waals surface area (Å²) in [4.78, 5) is 24.5. The number of likely N-dealkylation sites (tertiary alicyclic amines) is 1. The Kier molecular flexibility index (Phi) is 4.30.